The van der Waals surface area contributed by atoms with Crippen LogP contribution in [0.2, 0.25) is 0 Å². The van der Waals surface area contributed by atoms with E-state index in [-0.39, 0.29) is 22.9 Å². The van der Waals surface area contributed by atoms with Crippen LogP contribution < -0.4 is 9.47 Å². The number of aromatic nitrogens is 1. The molecule has 10 nitrogen and oxygen atoms in total. The summed E-state index contributed by atoms with van der Waals surface area (Å²) < 4.78 is 42.4. The van der Waals surface area contributed by atoms with Gasteiger partial charge in [0.1, 0.15) is 5.69 Å². The lowest BCUT2D eigenvalue weighted by molar-refractivity contribution is -0.192. The Hall–Kier alpha value is -4.68. The molecular formula is C28H27F3N2O8. The molecule has 1 fully saturated rings. The minimum absolute atomic E-state index is 0.0401. The van der Waals surface area contributed by atoms with Crippen LogP contribution in [0, 0.1) is 0 Å². The number of aryl methyl sites for hydroxylation is 1. The molecule has 1 saturated heterocycles. The zero-order chi connectivity index (χ0) is 30.3. The fraction of sp³-hybridized carbons (Fsp3) is 0.321. The number of rotatable bonds is 8. The number of methoxy groups -OCH3 is 2. The third-order valence-corrected chi connectivity index (χ3v) is 6.36. The minimum Gasteiger partial charge on any atom is -0.493 e. The van der Waals surface area contributed by atoms with Crippen molar-refractivity contribution < 1.29 is 52.0 Å². The molecule has 0 saturated carbocycles. The molecule has 41 heavy (non-hydrogen) atoms. The lowest BCUT2D eigenvalue weighted by Gasteiger charge is -2.15. The van der Waals surface area contributed by atoms with Crippen molar-refractivity contribution in [2.24, 2.45) is 0 Å². The summed E-state index contributed by atoms with van der Waals surface area (Å²) in [6.45, 7) is 1.63. The number of aromatic carboxylic acids is 1. The Balaban J connectivity index is 0.000000587. The molecule has 218 valence electrons. The lowest BCUT2D eigenvalue weighted by atomic mass is 9.97. The Morgan fingerprint density at radius 3 is 2.07 bits per heavy atom. The van der Waals surface area contributed by atoms with E-state index in [1.807, 2.05) is 11.0 Å². The van der Waals surface area contributed by atoms with Gasteiger partial charge in [0.05, 0.1) is 19.8 Å². The van der Waals surface area contributed by atoms with Crippen molar-refractivity contribution in [3.8, 4) is 11.5 Å². The molecular weight excluding hydrogens is 549 g/mol. The molecule has 1 amide bonds. The molecule has 4 rings (SSSR count). The summed E-state index contributed by atoms with van der Waals surface area (Å²) in [5.41, 5.74) is 1.37. The van der Waals surface area contributed by atoms with E-state index in [0.717, 1.165) is 31.5 Å². The zero-order valence-corrected chi connectivity index (χ0v) is 22.2. The van der Waals surface area contributed by atoms with Crippen molar-refractivity contribution in [1.82, 2.24) is 9.88 Å². The van der Waals surface area contributed by atoms with E-state index in [2.05, 4.69) is 4.98 Å². The SMILES string of the molecule is COc1cc2c(C(=O)O)cnc(C(=O)c3cccc(CCC(=O)N4CCCC4)c3)c2cc1OC.O=C(O)C(F)(F)F. The maximum Gasteiger partial charge on any atom is 0.490 e. The van der Waals surface area contributed by atoms with Gasteiger partial charge < -0.3 is 24.6 Å². The molecule has 0 radical (unpaired) electrons. The van der Waals surface area contributed by atoms with Gasteiger partial charge >= 0.3 is 18.1 Å². The zero-order valence-electron chi connectivity index (χ0n) is 22.2. The summed E-state index contributed by atoms with van der Waals surface area (Å²) in [6.07, 6.45) is -0.874. The van der Waals surface area contributed by atoms with Crippen molar-refractivity contribution in [3.63, 3.8) is 0 Å². The quantitative estimate of drug-likeness (QED) is 0.374. The molecule has 1 aromatic heterocycles. The van der Waals surface area contributed by atoms with E-state index in [4.69, 9.17) is 19.4 Å². The average molecular weight is 577 g/mol. The number of carboxylic acids is 2. The number of benzene rings is 2. The lowest BCUT2D eigenvalue weighted by Crippen LogP contribution is -2.27. The van der Waals surface area contributed by atoms with Crippen molar-refractivity contribution in [3.05, 3.63) is 65.0 Å². The van der Waals surface area contributed by atoms with E-state index in [1.165, 1.54) is 26.5 Å². The van der Waals surface area contributed by atoms with Crippen LogP contribution in [0.5, 0.6) is 11.5 Å². The second-order valence-electron chi connectivity index (χ2n) is 9.00. The smallest absolute Gasteiger partial charge is 0.490 e. The fourth-order valence-electron chi connectivity index (χ4n) is 4.30. The molecule has 3 aromatic rings. The van der Waals surface area contributed by atoms with Gasteiger partial charge in [0.25, 0.3) is 0 Å². The van der Waals surface area contributed by atoms with Crippen LogP contribution in [-0.2, 0) is 16.0 Å². The summed E-state index contributed by atoms with van der Waals surface area (Å²) in [5.74, 6) is -3.41. The van der Waals surface area contributed by atoms with Gasteiger partial charge in [-0.3, -0.25) is 14.6 Å². The molecule has 1 aliphatic rings. The number of hydrogen-bond acceptors (Lipinski definition) is 7. The number of carbonyl (C=O) groups excluding carboxylic acids is 2. The van der Waals surface area contributed by atoms with E-state index >= 15 is 0 Å². The molecule has 2 aromatic carbocycles. The number of ketones is 1. The minimum atomic E-state index is -5.08. The highest BCUT2D eigenvalue weighted by molar-refractivity contribution is 6.18. The first kappa shape index (κ1) is 30.9. The van der Waals surface area contributed by atoms with Gasteiger partial charge in [-0.25, -0.2) is 9.59 Å². The number of hydrogen-bond donors (Lipinski definition) is 2. The van der Waals surface area contributed by atoms with E-state index in [0.29, 0.717) is 40.7 Å². The standard InChI is InChI=1S/C26H26N2O6.C2HF3O2/c1-33-21-13-18-19(14-22(21)34-2)24(27-15-20(18)26(31)32)25(30)17-7-5-6-16(12-17)8-9-23(29)28-10-3-4-11-28;3-2(4,5)1(6)7/h5-7,12-15H,3-4,8-11H2,1-2H3,(H,31,32);(H,6,7). The Morgan fingerprint density at radius 2 is 1.54 bits per heavy atom. The normalized spacial score (nSPS) is 12.9. The van der Waals surface area contributed by atoms with E-state index < -0.39 is 18.1 Å². The summed E-state index contributed by atoms with van der Waals surface area (Å²) >= 11 is 0. The number of likely N-dealkylation sites (tertiary alicyclic amines) is 1. The number of pyridine rings is 1. The first-order chi connectivity index (χ1) is 19.4. The number of ether oxygens (including phenoxy) is 2. The van der Waals surface area contributed by atoms with E-state index in [1.54, 1.807) is 24.3 Å². The summed E-state index contributed by atoms with van der Waals surface area (Å²) in [4.78, 5) is 52.6. The van der Waals surface area contributed by atoms with Crippen LogP contribution in [0.3, 0.4) is 0 Å². The van der Waals surface area contributed by atoms with E-state index in [9.17, 15) is 32.7 Å². The molecule has 1 aliphatic heterocycles. The molecule has 13 heteroatoms. The van der Waals surface area contributed by atoms with Crippen LogP contribution in [0.15, 0.2) is 42.6 Å². The molecule has 0 aliphatic carbocycles. The van der Waals surface area contributed by atoms with Gasteiger partial charge in [-0.2, -0.15) is 13.2 Å². The summed E-state index contributed by atoms with van der Waals surface area (Å²) in [5, 5.41) is 17.4. The average Bonchev–Trinajstić information content (AvgIpc) is 3.49. The molecule has 2 heterocycles. The predicted molar refractivity (Wildman–Crippen MR) is 140 cm³/mol. The number of aliphatic carboxylic acids is 1. The van der Waals surface area contributed by atoms with Crippen LogP contribution >= 0.6 is 0 Å². The Labute approximate surface area is 232 Å². The van der Waals surface area contributed by atoms with Crippen molar-refractivity contribution in [1.29, 1.82) is 0 Å². The highest BCUT2D eigenvalue weighted by Gasteiger charge is 2.38. The highest BCUT2D eigenvalue weighted by atomic mass is 19.4. The maximum absolute atomic E-state index is 13.4. The number of halogens is 3. The van der Waals surface area contributed by atoms with Crippen molar-refractivity contribution >= 4 is 34.4 Å². The first-order valence-corrected chi connectivity index (χ1v) is 12.4. The number of fused-ring (bicyclic) bond motifs is 1. The number of carboxylic acid groups (broad SMARTS) is 2. The Bertz CT molecular complexity index is 1470. The fourth-order valence-corrected chi connectivity index (χ4v) is 4.30. The van der Waals surface area contributed by atoms with Crippen LogP contribution in [-0.4, -0.2) is 77.2 Å². The highest BCUT2D eigenvalue weighted by Crippen LogP contribution is 2.35. The molecule has 0 atom stereocenters. The van der Waals surface area contributed by atoms with Gasteiger partial charge in [0.2, 0.25) is 11.7 Å². The van der Waals surface area contributed by atoms with Gasteiger partial charge in [0, 0.05) is 42.0 Å². The van der Waals surface area contributed by atoms with Crippen LogP contribution in [0.1, 0.15) is 51.2 Å². The van der Waals surface area contributed by atoms with Crippen LogP contribution in [0.25, 0.3) is 10.8 Å². The van der Waals surface area contributed by atoms with Gasteiger partial charge in [-0.1, -0.05) is 18.2 Å². The third kappa shape index (κ3) is 7.50. The number of carbonyl (C=O) groups is 4. The van der Waals surface area contributed by atoms with Crippen molar-refractivity contribution in [2.45, 2.75) is 31.9 Å². The van der Waals surface area contributed by atoms with Crippen LogP contribution in [0.4, 0.5) is 13.2 Å². The Morgan fingerprint density at radius 1 is 0.951 bits per heavy atom. The van der Waals surface area contributed by atoms with Gasteiger partial charge in [-0.15, -0.1) is 0 Å². The number of nitrogens with zero attached hydrogens (tertiary/aromatic N) is 2. The topological polar surface area (TPSA) is 143 Å². The first-order valence-electron chi connectivity index (χ1n) is 12.4. The second kappa shape index (κ2) is 13.1. The number of amides is 1. The van der Waals surface area contributed by atoms with Gasteiger partial charge in [0.15, 0.2) is 11.5 Å². The second-order valence-corrected chi connectivity index (χ2v) is 9.00. The molecule has 2 N–H and O–H groups in total. The summed E-state index contributed by atoms with van der Waals surface area (Å²) in [7, 11) is 2.92. The van der Waals surface area contributed by atoms with Gasteiger partial charge in [-0.05, 0) is 43.0 Å². The molecule has 0 bridgehead atoms. The molecule has 0 unspecified atom stereocenters. The molecule has 0 spiro atoms. The number of alkyl halides is 3. The monoisotopic (exact) mass is 576 g/mol. The van der Waals surface area contributed by atoms with Crippen molar-refractivity contribution in [2.75, 3.05) is 27.3 Å². The Kier molecular flexibility index (Phi) is 9.87. The maximum atomic E-state index is 13.4. The predicted octanol–water partition coefficient (Wildman–Crippen LogP) is 4.37. The largest absolute Gasteiger partial charge is 0.493 e. The third-order valence-electron chi connectivity index (χ3n) is 6.36. The summed E-state index contributed by atoms with van der Waals surface area (Å²) in [6, 6.07) is 10.2.